The van der Waals surface area contributed by atoms with E-state index in [2.05, 4.69) is 10.3 Å². The summed E-state index contributed by atoms with van der Waals surface area (Å²) in [5, 5.41) is 24.2. The number of aliphatic hydroxyl groups excluding tert-OH is 1. The second-order valence-corrected chi connectivity index (χ2v) is 7.71. The number of fused-ring (bicyclic) bond motifs is 1. The molecule has 0 bridgehead atoms. The molecular weight excluding hydrogens is 372 g/mol. The third-order valence-corrected chi connectivity index (χ3v) is 5.53. The molecule has 0 saturated heterocycles. The number of nitrogens with one attached hydrogen (secondary N) is 2. The fourth-order valence-corrected chi connectivity index (χ4v) is 3.88. The van der Waals surface area contributed by atoms with Gasteiger partial charge in [-0.25, -0.2) is 0 Å². The standard InChI is InChI=1S/C22H30N2O5/c25-18-10-8-16(17-9-11-20(27)24-21(17)18)19(26)14-23-12-4-5-13-29-22(28)15-6-2-1-3-7-15/h8-11,15,19,23,25-26H,1-7,12-14H2,(H,24,27). The van der Waals surface area contributed by atoms with E-state index >= 15 is 0 Å². The number of aromatic amines is 1. The number of aromatic hydroxyl groups is 1. The summed E-state index contributed by atoms with van der Waals surface area (Å²) in [6, 6.07) is 6.11. The predicted octanol–water partition coefficient (Wildman–Crippen LogP) is 2.76. The third kappa shape index (κ3) is 5.81. The minimum absolute atomic E-state index is 0.0237. The molecule has 1 aromatic heterocycles. The Kier molecular flexibility index (Phi) is 7.66. The van der Waals surface area contributed by atoms with Crippen LogP contribution in [0.5, 0.6) is 5.75 Å². The molecule has 1 atom stereocenters. The first-order chi connectivity index (χ1) is 14.1. The lowest BCUT2D eigenvalue weighted by molar-refractivity contribution is -0.149. The normalized spacial score (nSPS) is 16.0. The van der Waals surface area contributed by atoms with Crippen LogP contribution in [0.3, 0.4) is 0 Å². The quantitative estimate of drug-likeness (QED) is 0.379. The highest BCUT2D eigenvalue weighted by Gasteiger charge is 2.22. The number of H-pyrrole nitrogens is 1. The molecule has 7 heteroatoms. The van der Waals surface area contributed by atoms with Crippen molar-refractivity contribution in [2.24, 2.45) is 5.92 Å². The number of benzene rings is 1. The Morgan fingerprint density at radius 1 is 1.17 bits per heavy atom. The molecule has 1 fully saturated rings. The first-order valence-corrected chi connectivity index (χ1v) is 10.5. The Hall–Kier alpha value is -2.38. The zero-order chi connectivity index (χ0) is 20.6. The summed E-state index contributed by atoms with van der Waals surface area (Å²) in [7, 11) is 0. The Labute approximate surface area is 170 Å². The summed E-state index contributed by atoms with van der Waals surface area (Å²) in [5.74, 6) is 0.0156. The number of unbranched alkanes of at least 4 members (excludes halogenated alkanes) is 1. The second kappa shape index (κ2) is 10.4. The first kappa shape index (κ1) is 21.3. The lowest BCUT2D eigenvalue weighted by atomic mass is 9.89. The van der Waals surface area contributed by atoms with Crippen LogP contribution < -0.4 is 10.9 Å². The van der Waals surface area contributed by atoms with Gasteiger partial charge >= 0.3 is 5.97 Å². The van der Waals surface area contributed by atoms with Crippen LogP contribution >= 0.6 is 0 Å². The van der Waals surface area contributed by atoms with Gasteiger partial charge < -0.3 is 25.3 Å². The molecule has 158 valence electrons. The Balaban J connectivity index is 1.38. The fourth-order valence-electron chi connectivity index (χ4n) is 3.88. The van der Waals surface area contributed by atoms with Crippen LogP contribution in [0, 0.1) is 5.92 Å². The highest BCUT2D eigenvalue weighted by atomic mass is 16.5. The number of hydrogen-bond donors (Lipinski definition) is 4. The number of hydrogen-bond acceptors (Lipinski definition) is 6. The molecule has 1 aliphatic rings. The van der Waals surface area contributed by atoms with E-state index in [1.165, 1.54) is 18.6 Å². The molecule has 7 nitrogen and oxygen atoms in total. The molecule has 1 unspecified atom stereocenters. The number of rotatable bonds is 9. The minimum Gasteiger partial charge on any atom is -0.506 e. The van der Waals surface area contributed by atoms with Gasteiger partial charge in [-0.1, -0.05) is 25.3 Å². The number of pyridine rings is 1. The topological polar surface area (TPSA) is 112 Å². The zero-order valence-electron chi connectivity index (χ0n) is 16.7. The van der Waals surface area contributed by atoms with Crippen LogP contribution in [-0.2, 0) is 9.53 Å². The van der Waals surface area contributed by atoms with Crippen molar-refractivity contribution in [1.82, 2.24) is 10.3 Å². The zero-order valence-corrected chi connectivity index (χ0v) is 16.7. The molecule has 0 radical (unpaired) electrons. The lowest BCUT2D eigenvalue weighted by Crippen LogP contribution is -2.24. The maximum Gasteiger partial charge on any atom is 0.308 e. The van der Waals surface area contributed by atoms with Gasteiger partial charge in [-0.05, 0) is 49.9 Å². The van der Waals surface area contributed by atoms with Crippen LogP contribution in [0.15, 0.2) is 29.1 Å². The van der Waals surface area contributed by atoms with E-state index in [0.29, 0.717) is 36.2 Å². The summed E-state index contributed by atoms with van der Waals surface area (Å²) in [6.45, 7) is 1.49. The van der Waals surface area contributed by atoms with Crippen LogP contribution in [0.1, 0.15) is 56.6 Å². The molecule has 3 rings (SSSR count). The van der Waals surface area contributed by atoms with Gasteiger partial charge in [0.2, 0.25) is 5.56 Å². The molecule has 1 heterocycles. The van der Waals surface area contributed by atoms with Gasteiger partial charge in [0.05, 0.1) is 24.1 Å². The minimum atomic E-state index is -0.770. The van der Waals surface area contributed by atoms with Crippen molar-refractivity contribution in [3.63, 3.8) is 0 Å². The fraction of sp³-hybridized carbons (Fsp3) is 0.545. The molecular formula is C22H30N2O5. The molecule has 2 aromatic rings. The molecule has 0 amide bonds. The van der Waals surface area contributed by atoms with E-state index in [0.717, 1.165) is 38.5 Å². The summed E-state index contributed by atoms with van der Waals surface area (Å²) in [6.07, 6.45) is 6.24. The van der Waals surface area contributed by atoms with E-state index in [9.17, 15) is 19.8 Å². The van der Waals surface area contributed by atoms with Gasteiger partial charge in [-0.3, -0.25) is 9.59 Å². The number of esters is 1. The van der Waals surface area contributed by atoms with Crippen LogP contribution in [0.25, 0.3) is 10.9 Å². The lowest BCUT2D eigenvalue weighted by Gasteiger charge is -2.19. The van der Waals surface area contributed by atoms with E-state index in [4.69, 9.17) is 4.74 Å². The molecule has 0 aliphatic heterocycles. The van der Waals surface area contributed by atoms with Crippen LogP contribution in [0.2, 0.25) is 0 Å². The van der Waals surface area contributed by atoms with Crippen molar-refractivity contribution in [1.29, 1.82) is 0 Å². The summed E-state index contributed by atoms with van der Waals surface area (Å²) in [5.41, 5.74) is 0.665. The summed E-state index contributed by atoms with van der Waals surface area (Å²) in [4.78, 5) is 26.0. The van der Waals surface area contributed by atoms with Crippen molar-refractivity contribution < 1.29 is 19.7 Å². The maximum atomic E-state index is 12.0. The molecule has 29 heavy (non-hydrogen) atoms. The van der Waals surface area contributed by atoms with E-state index < -0.39 is 6.10 Å². The molecule has 1 saturated carbocycles. The Morgan fingerprint density at radius 3 is 2.76 bits per heavy atom. The third-order valence-electron chi connectivity index (χ3n) is 5.53. The predicted molar refractivity (Wildman–Crippen MR) is 111 cm³/mol. The van der Waals surface area contributed by atoms with E-state index in [1.807, 2.05) is 0 Å². The van der Waals surface area contributed by atoms with Crippen molar-refractivity contribution in [2.75, 3.05) is 19.7 Å². The molecule has 1 aromatic carbocycles. The van der Waals surface area contributed by atoms with Crippen LogP contribution in [-0.4, -0.2) is 40.9 Å². The Bertz CT molecular complexity index is 873. The first-order valence-electron chi connectivity index (χ1n) is 10.5. The number of phenols is 1. The maximum absolute atomic E-state index is 12.0. The smallest absolute Gasteiger partial charge is 0.308 e. The van der Waals surface area contributed by atoms with Crippen molar-refractivity contribution in [2.45, 2.75) is 51.0 Å². The number of aliphatic hydroxyl groups is 1. The SMILES string of the molecule is O=C(OCCCCNCC(O)c1ccc(O)c2[nH]c(=O)ccc12)C1CCCCC1. The number of carbonyl (C=O) groups excluding carboxylic acids is 1. The van der Waals surface area contributed by atoms with Crippen LogP contribution in [0.4, 0.5) is 0 Å². The van der Waals surface area contributed by atoms with Gasteiger partial charge in [0, 0.05) is 18.0 Å². The number of aromatic nitrogens is 1. The number of carbonyl (C=O) groups is 1. The largest absolute Gasteiger partial charge is 0.506 e. The number of phenolic OH excluding ortho intramolecular Hbond substituents is 1. The highest BCUT2D eigenvalue weighted by Crippen LogP contribution is 2.28. The molecule has 1 aliphatic carbocycles. The molecule has 4 N–H and O–H groups in total. The van der Waals surface area contributed by atoms with Crippen molar-refractivity contribution in [3.05, 3.63) is 40.2 Å². The monoisotopic (exact) mass is 402 g/mol. The van der Waals surface area contributed by atoms with Crippen molar-refractivity contribution in [3.8, 4) is 5.75 Å². The average Bonchev–Trinajstić information content (AvgIpc) is 2.74. The van der Waals surface area contributed by atoms with Gasteiger partial charge in [-0.15, -0.1) is 0 Å². The van der Waals surface area contributed by atoms with Gasteiger partial charge in [-0.2, -0.15) is 0 Å². The van der Waals surface area contributed by atoms with Crippen molar-refractivity contribution >= 4 is 16.9 Å². The Morgan fingerprint density at radius 2 is 1.97 bits per heavy atom. The number of ether oxygens (including phenoxy) is 1. The van der Waals surface area contributed by atoms with E-state index in [1.54, 1.807) is 12.1 Å². The summed E-state index contributed by atoms with van der Waals surface area (Å²) >= 11 is 0. The second-order valence-electron chi connectivity index (χ2n) is 7.71. The van der Waals surface area contributed by atoms with Gasteiger partial charge in [0.15, 0.2) is 0 Å². The van der Waals surface area contributed by atoms with E-state index in [-0.39, 0.29) is 23.2 Å². The van der Waals surface area contributed by atoms with Gasteiger partial charge in [0.1, 0.15) is 5.75 Å². The highest BCUT2D eigenvalue weighted by molar-refractivity contribution is 5.87. The van der Waals surface area contributed by atoms with Gasteiger partial charge in [0.25, 0.3) is 0 Å². The average molecular weight is 402 g/mol. The molecule has 0 spiro atoms. The summed E-state index contributed by atoms with van der Waals surface area (Å²) < 4.78 is 5.38.